The monoisotopic (exact) mass is 241 g/mol. The Kier molecular flexibility index (Phi) is 7.07. The van der Waals surface area contributed by atoms with Gasteiger partial charge in [0.2, 0.25) is 5.91 Å². The highest BCUT2D eigenvalue weighted by atomic mass is 19.4. The van der Waals surface area contributed by atoms with Gasteiger partial charge in [0.15, 0.2) is 0 Å². The van der Waals surface area contributed by atoms with Crippen LogP contribution in [0.15, 0.2) is 0 Å². The van der Waals surface area contributed by atoms with Crippen molar-refractivity contribution in [2.24, 2.45) is 0 Å². The van der Waals surface area contributed by atoms with Crippen molar-refractivity contribution in [1.82, 2.24) is 15.5 Å². The third kappa shape index (κ3) is 11.3. The Labute approximate surface area is 93.2 Å². The fourth-order valence-electron chi connectivity index (χ4n) is 0.984. The number of carbonyl (C=O) groups excluding carboxylic acids is 1. The number of rotatable bonds is 7. The van der Waals surface area contributed by atoms with Gasteiger partial charge < -0.3 is 15.5 Å². The maximum absolute atomic E-state index is 11.7. The maximum Gasteiger partial charge on any atom is 0.405 e. The largest absolute Gasteiger partial charge is 0.405 e. The lowest BCUT2D eigenvalue weighted by Crippen LogP contribution is -2.39. The quantitative estimate of drug-likeness (QED) is 0.626. The molecule has 0 aliphatic heterocycles. The molecule has 0 aliphatic rings. The summed E-state index contributed by atoms with van der Waals surface area (Å²) in [6.45, 7) is 0.128. The van der Waals surface area contributed by atoms with Crippen LogP contribution in [0.4, 0.5) is 13.2 Å². The van der Waals surface area contributed by atoms with E-state index in [1.807, 2.05) is 19.0 Å². The van der Waals surface area contributed by atoms with E-state index in [9.17, 15) is 18.0 Å². The Morgan fingerprint density at radius 1 is 1.31 bits per heavy atom. The highest BCUT2D eigenvalue weighted by Gasteiger charge is 2.27. The molecule has 0 unspecified atom stereocenters. The molecule has 0 aromatic heterocycles. The number of nitrogens with zero attached hydrogens (tertiary/aromatic N) is 1. The molecule has 0 rings (SSSR count). The summed E-state index contributed by atoms with van der Waals surface area (Å²) in [5, 5.41) is 4.56. The molecule has 0 bridgehead atoms. The number of hydrogen-bond acceptors (Lipinski definition) is 3. The van der Waals surface area contributed by atoms with E-state index in [2.05, 4.69) is 5.32 Å². The van der Waals surface area contributed by atoms with Gasteiger partial charge in [0.05, 0.1) is 6.54 Å². The first-order valence-electron chi connectivity index (χ1n) is 5.00. The molecule has 0 aromatic rings. The van der Waals surface area contributed by atoms with Crippen molar-refractivity contribution in [2.75, 3.05) is 40.3 Å². The molecule has 0 aliphatic carbocycles. The Morgan fingerprint density at radius 3 is 2.44 bits per heavy atom. The van der Waals surface area contributed by atoms with Crippen LogP contribution in [0.1, 0.15) is 6.42 Å². The topological polar surface area (TPSA) is 44.4 Å². The summed E-state index contributed by atoms with van der Waals surface area (Å²) < 4.78 is 35.1. The average Bonchev–Trinajstić information content (AvgIpc) is 2.12. The minimum atomic E-state index is -4.35. The Hall–Kier alpha value is -0.820. The number of hydrogen-bond donors (Lipinski definition) is 2. The molecule has 1 amide bonds. The number of halogens is 3. The van der Waals surface area contributed by atoms with Crippen LogP contribution in [-0.2, 0) is 4.79 Å². The highest BCUT2D eigenvalue weighted by molar-refractivity contribution is 5.77. The van der Waals surface area contributed by atoms with Gasteiger partial charge in [-0.15, -0.1) is 0 Å². The smallest absolute Gasteiger partial charge is 0.346 e. The first-order chi connectivity index (χ1) is 7.31. The first-order valence-corrected chi connectivity index (χ1v) is 5.00. The molecule has 0 radical (unpaired) electrons. The second kappa shape index (κ2) is 7.45. The summed E-state index contributed by atoms with van der Waals surface area (Å²) in [4.78, 5) is 12.9. The molecule has 4 nitrogen and oxygen atoms in total. The van der Waals surface area contributed by atoms with E-state index in [1.54, 1.807) is 5.32 Å². The van der Waals surface area contributed by atoms with Gasteiger partial charge in [-0.1, -0.05) is 0 Å². The van der Waals surface area contributed by atoms with Crippen molar-refractivity contribution in [3.63, 3.8) is 0 Å². The van der Waals surface area contributed by atoms with Gasteiger partial charge in [0, 0.05) is 0 Å². The fraction of sp³-hybridized carbons (Fsp3) is 0.889. The van der Waals surface area contributed by atoms with Crippen molar-refractivity contribution >= 4 is 5.91 Å². The zero-order chi connectivity index (χ0) is 12.6. The summed E-state index contributed by atoms with van der Waals surface area (Å²) in [5.41, 5.74) is 0. The lowest BCUT2D eigenvalue weighted by molar-refractivity contribution is -0.137. The van der Waals surface area contributed by atoms with Gasteiger partial charge in [-0.25, -0.2) is 0 Å². The maximum atomic E-state index is 11.7. The van der Waals surface area contributed by atoms with Gasteiger partial charge in [-0.05, 0) is 33.6 Å². The number of nitrogens with one attached hydrogen (secondary N) is 2. The molecule has 0 spiro atoms. The fourth-order valence-corrected chi connectivity index (χ4v) is 0.984. The van der Waals surface area contributed by atoms with Crippen LogP contribution in [0.2, 0.25) is 0 Å². The van der Waals surface area contributed by atoms with Crippen molar-refractivity contribution in [1.29, 1.82) is 0 Å². The molecule has 0 atom stereocenters. The van der Waals surface area contributed by atoms with E-state index in [0.717, 1.165) is 13.0 Å². The van der Waals surface area contributed by atoms with E-state index >= 15 is 0 Å². The zero-order valence-electron chi connectivity index (χ0n) is 9.52. The number of carbonyl (C=O) groups is 1. The predicted molar refractivity (Wildman–Crippen MR) is 55.1 cm³/mol. The first kappa shape index (κ1) is 15.2. The van der Waals surface area contributed by atoms with E-state index in [4.69, 9.17) is 0 Å². The molecule has 0 aromatic carbocycles. The standard InChI is InChI=1S/C9H18F3N3O/c1-15(2)5-3-4-13-6-8(16)14-7-9(10,11)12/h13H,3-7H2,1-2H3,(H,14,16). The normalized spacial score (nSPS) is 11.9. The number of alkyl halides is 3. The zero-order valence-corrected chi connectivity index (χ0v) is 9.52. The lowest BCUT2D eigenvalue weighted by atomic mass is 10.4. The lowest BCUT2D eigenvalue weighted by Gasteiger charge is -2.10. The van der Waals surface area contributed by atoms with Gasteiger partial charge >= 0.3 is 6.18 Å². The summed E-state index contributed by atoms with van der Waals surface area (Å²) in [5.74, 6) is -0.637. The molecule has 0 fully saturated rings. The highest BCUT2D eigenvalue weighted by Crippen LogP contribution is 2.11. The molecule has 2 N–H and O–H groups in total. The SMILES string of the molecule is CN(C)CCCNCC(=O)NCC(F)(F)F. The van der Waals surface area contributed by atoms with E-state index in [0.29, 0.717) is 6.54 Å². The molecule has 16 heavy (non-hydrogen) atoms. The molecular weight excluding hydrogens is 223 g/mol. The average molecular weight is 241 g/mol. The van der Waals surface area contributed by atoms with Crippen LogP contribution >= 0.6 is 0 Å². The molecule has 7 heteroatoms. The number of amides is 1. The Bertz CT molecular complexity index is 207. The van der Waals surface area contributed by atoms with Crippen molar-refractivity contribution in [3.05, 3.63) is 0 Å². The van der Waals surface area contributed by atoms with Crippen LogP contribution in [-0.4, -0.2) is 57.3 Å². The van der Waals surface area contributed by atoms with Crippen molar-refractivity contribution < 1.29 is 18.0 Å². The van der Waals surface area contributed by atoms with Crippen LogP contribution < -0.4 is 10.6 Å². The van der Waals surface area contributed by atoms with E-state index in [-0.39, 0.29) is 6.54 Å². The molecular formula is C9H18F3N3O. The minimum absolute atomic E-state index is 0.0799. The van der Waals surface area contributed by atoms with Gasteiger partial charge in [-0.3, -0.25) is 4.79 Å². The van der Waals surface area contributed by atoms with Crippen molar-refractivity contribution in [3.8, 4) is 0 Å². The third-order valence-electron chi connectivity index (χ3n) is 1.73. The molecule has 0 heterocycles. The summed E-state index contributed by atoms with van der Waals surface area (Å²) in [7, 11) is 3.85. The van der Waals surface area contributed by atoms with Crippen LogP contribution in [0.25, 0.3) is 0 Å². The molecule has 0 saturated heterocycles. The van der Waals surface area contributed by atoms with Crippen LogP contribution in [0, 0.1) is 0 Å². The van der Waals surface area contributed by atoms with E-state index < -0.39 is 18.6 Å². The van der Waals surface area contributed by atoms with Crippen LogP contribution in [0.5, 0.6) is 0 Å². The Morgan fingerprint density at radius 2 is 1.94 bits per heavy atom. The molecule has 96 valence electrons. The second-order valence-electron chi connectivity index (χ2n) is 3.73. The van der Waals surface area contributed by atoms with Gasteiger partial charge in [0.25, 0.3) is 0 Å². The summed E-state index contributed by atoms with van der Waals surface area (Å²) in [6.07, 6.45) is -3.50. The summed E-state index contributed by atoms with van der Waals surface area (Å²) >= 11 is 0. The second-order valence-corrected chi connectivity index (χ2v) is 3.73. The summed E-state index contributed by atoms with van der Waals surface area (Å²) in [6, 6.07) is 0. The predicted octanol–water partition coefficient (Wildman–Crippen LogP) is 0.206. The van der Waals surface area contributed by atoms with Crippen LogP contribution in [0.3, 0.4) is 0 Å². The van der Waals surface area contributed by atoms with Crippen molar-refractivity contribution in [2.45, 2.75) is 12.6 Å². The van der Waals surface area contributed by atoms with E-state index in [1.165, 1.54) is 0 Å². The Balaban J connectivity index is 3.38. The van der Waals surface area contributed by atoms with Gasteiger partial charge in [-0.2, -0.15) is 13.2 Å². The van der Waals surface area contributed by atoms with Gasteiger partial charge in [0.1, 0.15) is 6.54 Å². The third-order valence-corrected chi connectivity index (χ3v) is 1.73. The molecule has 0 saturated carbocycles. The minimum Gasteiger partial charge on any atom is -0.346 e.